The van der Waals surface area contributed by atoms with Gasteiger partial charge in [0.15, 0.2) is 11.5 Å². The van der Waals surface area contributed by atoms with Crippen LogP contribution in [0.15, 0.2) is 45.6 Å². The number of rotatable bonds is 7. The normalized spacial score (nSPS) is 10.8. The summed E-state index contributed by atoms with van der Waals surface area (Å²) in [6.07, 6.45) is 0.724. The van der Waals surface area contributed by atoms with Crippen LogP contribution in [-0.4, -0.2) is 20.2 Å². The zero-order chi connectivity index (χ0) is 21.0. The van der Waals surface area contributed by atoms with Crippen LogP contribution in [0.3, 0.4) is 0 Å². The molecule has 6 heteroatoms. The highest BCUT2D eigenvalue weighted by Gasteiger charge is 2.11. The van der Waals surface area contributed by atoms with Gasteiger partial charge < -0.3 is 18.6 Å². The molecule has 3 aromatic rings. The summed E-state index contributed by atoms with van der Waals surface area (Å²) in [7, 11) is 3.14. The first-order valence-electron chi connectivity index (χ1n) is 9.31. The average Bonchev–Trinajstić information content (AvgIpc) is 2.71. The Kier molecular flexibility index (Phi) is 6.22. The van der Waals surface area contributed by atoms with E-state index in [2.05, 4.69) is 0 Å². The second-order valence-corrected chi connectivity index (χ2v) is 6.87. The summed E-state index contributed by atoms with van der Waals surface area (Å²) in [4.78, 5) is 24.1. The highest BCUT2D eigenvalue weighted by molar-refractivity contribution is 5.82. The number of esters is 1. The van der Waals surface area contributed by atoms with E-state index in [0.717, 1.165) is 22.1 Å². The Bertz CT molecular complexity index is 1100. The van der Waals surface area contributed by atoms with Gasteiger partial charge in [0.1, 0.15) is 12.2 Å². The predicted octanol–water partition coefficient (Wildman–Crippen LogP) is 4.10. The van der Waals surface area contributed by atoms with Crippen LogP contribution in [0.1, 0.15) is 28.7 Å². The smallest absolute Gasteiger partial charge is 0.336 e. The highest BCUT2D eigenvalue weighted by Crippen LogP contribution is 2.28. The number of fused-ring (bicyclic) bond motifs is 1. The summed E-state index contributed by atoms with van der Waals surface area (Å²) in [6, 6.07) is 10.7. The third kappa shape index (κ3) is 4.77. The molecule has 0 spiro atoms. The van der Waals surface area contributed by atoms with Crippen molar-refractivity contribution in [3.05, 3.63) is 69.1 Å². The van der Waals surface area contributed by atoms with Gasteiger partial charge in [-0.2, -0.15) is 0 Å². The molecule has 0 saturated carbocycles. The van der Waals surface area contributed by atoms with Gasteiger partial charge in [-0.1, -0.05) is 6.07 Å². The van der Waals surface area contributed by atoms with Crippen molar-refractivity contribution in [2.24, 2.45) is 0 Å². The second-order valence-electron chi connectivity index (χ2n) is 6.87. The quantitative estimate of drug-likeness (QED) is 0.442. The van der Waals surface area contributed by atoms with Crippen molar-refractivity contribution < 1.29 is 23.4 Å². The van der Waals surface area contributed by atoms with E-state index in [1.807, 2.05) is 38.1 Å². The Hall–Kier alpha value is -3.28. The van der Waals surface area contributed by atoms with Crippen LogP contribution in [0.2, 0.25) is 0 Å². The van der Waals surface area contributed by atoms with Gasteiger partial charge in [-0.15, -0.1) is 0 Å². The fourth-order valence-corrected chi connectivity index (χ4v) is 3.12. The van der Waals surface area contributed by atoms with Gasteiger partial charge >= 0.3 is 11.6 Å². The molecular formula is C23H24O6. The summed E-state index contributed by atoms with van der Waals surface area (Å²) >= 11 is 0. The van der Waals surface area contributed by atoms with E-state index in [1.165, 1.54) is 6.07 Å². The molecule has 0 saturated heterocycles. The molecule has 0 amide bonds. The Balaban J connectivity index is 1.67. The van der Waals surface area contributed by atoms with E-state index in [4.69, 9.17) is 18.6 Å². The minimum Gasteiger partial charge on any atom is -0.493 e. The fourth-order valence-electron chi connectivity index (χ4n) is 3.12. The molecule has 1 aromatic heterocycles. The van der Waals surface area contributed by atoms with E-state index < -0.39 is 5.63 Å². The number of ether oxygens (including phenoxy) is 3. The standard InChI is InChI=1S/C23H24O6/c1-14-9-18-17(12-23(25)29-20(18)10-15(14)2)13-28-22(24)8-6-16-5-7-19(26-3)21(11-16)27-4/h5,7,9-12H,6,8,13H2,1-4H3. The van der Waals surface area contributed by atoms with Crippen LogP contribution in [0.25, 0.3) is 11.0 Å². The van der Waals surface area contributed by atoms with Crippen molar-refractivity contribution in [3.8, 4) is 11.5 Å². The first kappa shape index (κ1) is 20.5. The zero-order valence-corrected chi connectivity index (χ0v) is 17.0. The maximum atomic E-state index is 12.2. The number of hydrogen-bond acceptors (Lipinski definition) is 6. The largest absolute Gasteiger partial charge is 0.493 e. The molecule has 0 unspecified atom stereocenters. The van der Waals surface area contributed by atoms with E-state index in [-0.39, 0.29) is 19.0 Å². The summed E-state index contributed by atoms with van der Waals surface area (Å²) in [5.74, 6) is 0.913. The molecule has 2 aromatic carbocycles. The Morgan fingerprint density at radius 2 is 1.69 bits per heavy atom. The number of methoxy groups -OCH3 is 2. The first-order chi connectivity index (χ1) is 13.9. The first-order valence-corrected chi connectivity index (χ1v) is 9.31. The van der Waals surface area contributed by atoms with Gasteiger partial charge in [0.25, 0.3) is 0 Å². The lowest BCUT2D eigenvalue weighted by Crippen LogP contribution is -2.08. The summed E-state index contributed by atoms with van der Waals surface area (Å²) in [5, 5.41) is 0.778. The molecule has 6 nitrogen and oxygen atoms in total. The van der Waals surface area contributed by atoms with Crippen molar-refractivity contribution in [2.75, 3.05) is 14.2 Å². The molecule has 3 rings (SSSR count). The predicted molar refractivity (Wildman–Crippen MR) is 110 cm³/mol. The topological polar surface area (TPSA) is 75.0 Å². The molecule has 0 atom stereocenters. The molecule has 29 heavy (non-hydrogen) atoms. The number of carbonyl (C=O) groups excluding carboxylic acids is 1. The summed E-state index contributed by atoms with van der Waals surface area (Å²) in [6.45, 7) is 3.96. The summed E-state index contributed by atoms with van der Waals surface area (Å²) in [5.41, 5.74) is 3.72. The monoisotopic (exact) mass is 396 g/mol. The molecule has 0 aliphatic heterocycles. The Labute approximate surface area is 169 Å². The van der Waals surface area contributed by atoms with Crippen LogP contribution >= 0.6 is 0 Å². The van der Waals surface area contributed by atoms with Crippen LogP contribution in [0.4, 0.5) is 0 Å². The van der Waals surface area contributed by atoms with Crippen LogP contribution in [0, 0.1) is 13.8 Å². The van der Waals surface area contributed by atoms with Gasteiger partial charge in [0, 0.05) is 23.4 Å². The molecule has 0 aliphatic carbocycles. The highest BCUT2D eigenvalue weighted by atomic mass is 16.5. The molecule has 0 radical (unpaired) electrons. The molecule has 0 aliphatic rings. The third-order valence-corrected chi connectivity index (χ3v) is 4.90. The van der Waals surface area contributed by atoms with E-state index in [1.54, 1.807) is 20.3 Å². The maximum Gasteiger partial charge on any atom is 0.336 e. The number of carbonyl (C=O) groups is 1. The van der Waals surface area contributed by atoms with E-state index in [0.29, 0.717) is 29.1 Å². The maximum absolute atomic E-state index is 12.2. The van der Waals surface area contributed by atoms with Crippen molar-refractivity contribution in [2.45, 2.75) is 33.3 Å². The van der Waals surface area contributed by atoms with Gasteiger partial charge in [-0.25, -0.2) is 4.79 Å². The van der Waals surface area contributed by atoms with Gasteiger partial charge in [0.05, 0.1) is 14.2 Å². The minimum atomic E-state index is -0.461. The SMILES string of the molecule is COc1ccc(CCC(=O)OCc2cc(=O)oc3cc(C)c(C)cc23)cc1OC. The minimum absolute atomic E-state index is 0.0232. The average molecular weight is 396 g/mol. The lowest BCUT2D eigenvalue weighted by molar-refractivity contribution is -0.144. The van der Waals surface area contributed by atoms with Gasteiger partial charge in [0.2, 0.25) is 0 Å². The van der Waals surface area contributed by atoms with Crippen molar-refractivity contribution in [1.29, 1.82) is 0 Å². The van der Waals surface area contributed by atoms with Crippen molar-refractivity contribution >= 4 is 16.9 Å². The Morgan fingerprint density at radius 1 is 0.966 bits per heavy atom. The summed E-state index contributed by atoms with van der Waals surface area (Å²) < 4.78 is 21.2. The lowest BCUT2D eigenvalue weighted by Gasteiger charge is -2.10. The molecular weight excluding hydrogens is 372 g/mol. The third-order valence-electron chi connectivity index (χ3n) is 4.90. The molecule has 152 valence electrons. The molecule has 0 fully saturated rings. The number of benzene rings is 2. The lowest BCUT2D eigenvalue weighted by atomic mass is 10.0. The van der Waals surface area contributed by atoms with Crippen molar-refractivity contribution in [3.63, 3.8) is 0 Å². The molecule has 0 bridgehead atoms. The Morgan fingerprint density at radius 3 is 2.41 bits per heavy atom. The second kappa shape index (κ2) is 8.82. The van der Waals surface area contributed by atoms with Crippen LogP contribution < -0.4 is 15.1 Å². The van der Waals surface area contributed by atoms with Crippen molar-refractivity contribution in [1.82, 2.24) is 0 Å². The van der Waals surface area contributed by atoms with E-state index in [9.17, 15) is 9.59 Å². The fraction of sp³-hybridized carbons (Fsp3) is 0.304. The number of hydrogen-bond donors (Lipinski definition) is 0. The van der Waals surface area contributed by atoms with Crippen LogP contribution in [0.5, 0.6) is 11.5 Å². The van der Waals surface area contributed by atoms with Gasteiger partial charge in [-0.05, 0) is 61.2 Å². The van der Waals surface area contributed by atoms with E-state index >= 15 is 0 Å². The molecule has 0 N–H and O–H groups in total. The number of aryl methyl sites for hydroxylation is 3. The van der Waals surface area contributed by atoms with Crippen LogP contribution in [-0.2, 0) is 22.6 Å². The molecule has 1 heterocycles. The zero-order valence-electron chi connectivity index (χ0n) is 17.0. The van der Waals surface area contributed by atoms with Gasteiger partial charge in [-0.3, -0.25) is 4.79 Å².